The van der Waals surface area contributed by atoms with Gasteiger partial charge in [0.05, 0.1) is 16.1 Å². The minimum Gasteiger partial charge on any atom is -0.404 e. The number of benzene rings is 3. The lowest BCUT2D eigenvalue weighted by molar-refractivity contribution is -0.128. The second kappa shape index (κ2) is 10.2. The Morgan fingerprint density at radius 2 is 1.42 bits per heavy atom. The highest BCUT2D eigenvalue weighted by Gasteiger charge is 2.54. The van der Waals surface area contributed by atoms with E-state index in [1.54, 1.807) is 0 Å². The molecule has 0 N–H and O–H groups in total. The van der Waals surface area contributed by atoms with Gasteiger partial charge in [0, 0.05) is 18.7 Å². The topological polar surface area (TPSA) is 29.5 Å². The SMILES string of the molecule is CC(C)(C)[Si](OC1CCC2(CC1)CCN(c1cc(F)c(F)cc1Cl)C2=O)(c1ccccc1)c1ccccc1. The molecule has 0 aromatic heterocycles. The summed E-state index contributed by atoms with van der Waals surface area (Å²) in [6.07, 6.45) is 3.65. The normalized spacial score (nSPS) is 22.3. The van der Waals surface area contributed by atoms with Gasteiger partial charge in [0.25, 0.3) is 8.32 Å². The fraction of sp³-hybridized carbons (Fsp3) is 0.387. The number of carbonyl (C=O) groups is 1. The quantitative estimate of drug-likeness (QED) is 0.255. The van der Waals surface area contributed by atoms with Crippen LogP contribution in [0.25, 0.3) is 0 Å². The lowest BCUT2D eigenvalue weighted by Gasteiger charge is -2.47. The van der Waals surface area contributed by atoms with Crippen molar-refractivity contribution in [1.82, 2.24) is 0 Å². The molecule has 5 rings (SSSR count). The number of halogens is 3. The van der Waals surface area contributed by atoms with Crippen LogP contribution in [-0.2, 0) is 9.22 Å². The van der Waals surface area contributed by atoms with E-state index in [4.69, 9.17) is 16.0 Å². The predicted octanol–water partition coefficient (Wildman–Crippen LogP) is 6.86. The molecule has 1 saturated carbocycles. The summed E-state index contributed by atoms with van der Waals surface area (Å²) in [5.41, 5.74) is -0.266. The molecule has 2 fully saturated rings. The summed E-state index contributed by atoms with van der Waals surface area (Å²) in [4.78, 5) is 15.2. The molecule has 1 spiro atoms. The van der Waals surface area contributed by atoms with Gasteiger partial charge in [-0.3, -0.25) is 4.79 Å². The minimum absolute atomic E-state index is 0.0284. The van der Waals surface area contributed by atoms with Gasteiger partial charge in [0.15, 0.2) is 11.6 Å². The largest absolute Gasteiger partial charge is 0.404 e. The van der Waals surface area contributed by atoms with Gasteiger partial charge in [-0.15, -0.1) is 0 Å². The molecule has 0 bridgehead atoms. The van der Waals surface area contributed by atoms with Crippen LogP contribution in [0.1, 0.15) is 52.9 Å². The predicted molar refractivity (Wildman–Crippen MR) is 152 cm³/mol. The average Bonchev–Trinajstić information content (AvgIpc) is 3.21. The number of nitrogens with zero attached hydrogens (tertiary/aromatic N) is 1. The van der Waals surface area contributed by atoms with Crippen LogP contribution in [0.3, 0.4) is 0 Å². The summed E-state index contributed by atoms with van der Waals surface area (Å²) in [7, 11) is -2.68. The van der Waals surface area contributed by atoms with E-state index in [2.05, 4.69) is 69.3 Å². The van der Waals surface area contributed by atoms with Crippen LogP contribution in [0.2, 0.25) is 10.1 Å². The lowest BCUT2D eigenvalue weighted by atomic mass is 9.72. The summed E-state index contributed by atoms with van der Waals surface area (Å²) >= 11 is 6.21. The Labute approximate surface area is 229 Å². The fourth-order valence-corrected chi connectivity index (χ4v) is 11.4. The fourth-order valence-electron chi connectivity index (χ4n) is 6.44. The van der Waals surface area contributed by atoms with Crippen molar-refractivity contribution in [1.29, 1.82) is 0 Å². The van der Waals surface area contributed by atoms with Gasteiger partial charge in [0.1, 0.15) is 0 Å². The van der Waals surface area contributed by atoms with Gasteiger partial charge < -0.3 is 9.33 Å². The van der Waals surface area contributed by atoms with E-state index in [0.29, 0.717) is 25.8 Å². The number of carbonyl (C=O) groups excluding carboxylic acids is 1. The third-order valence-corrected chi connectivity index (χ3v) is 13.8. The van der Waals surface area contributed by atoms with Crippen molar-refractivity contribution in [3.8, 4) is 0 Å². The first-order valence-corrected chi connectivity index (χ1v) is 15.6. The summed E-state index contributed by atoms with van der Waals surface area (Å²) in [5.74, 6) is -2.06. The van der Waals surface area contributed by atoms with Crippen LogP contribution in [0.15, 0.2) is 72.8 Å². The molecule has 3 nitrogen and oxygen atoms in total. The first-order chi connectivity index (χ1) is 18.1. The maximum atomic E-state index is 14.0. The van der Waals surface area contributed by atoms with Gasteiger partial charge >= 0.3 is 0 Å². The Morgan fingerprint density at radius 3 is 1.95 bits per heavy atom. The Bertz CT molecular complexity index is 1270. The van der Waals surface area contributed by atoms with Crippen molar-refractivity contribution in [3.63, 3.8) is 0 Å². The number of hydrogen-bond donors (Lipinski definition) is 0. The number of rotatable bonds is 5. The van der Waals surface area contributed by atoms with Crippen molar-refractivity contribution >= 4 is 41.9 Å². The minimum atomic E-state index is -2.68. The highest BCUT2D eigenvalue weighted by Crippen LogP contribution is 2.49. The summed E-state index contributed by atoms with van der Waals surface area (Å²) < 4.78 is 34.9. The van der Waals surface area contributed by atoms with Gasteiger partial charge in [0.2, 0.25) is 5.91 Å². The molecule has 0 radical (unpaired) electrons. The lowest BCUT2D eigenvalue weighted by Crippen LogP contribution is -2.68. The van der Waals surface area contributed by atoms with E-state index in [0.717, 1.165) is 25.0 Å². The van der Waals surface area contributed by atoms with Gasteiger partial charge in [-0.1, -0.05) is 93.0 Å². The van der Waals surface area contributed by atoms with Crippen LogP contribution in [0, 0.1) is 17.0 Å². The Morgan fingerprint density at radius 1 is 0.895 bits per heavy atom. The van der Waals surface area contributed by atoms with Crippen LogP contribution >= 0.6 is 11.6 Å². The summed E-state index contributed by atoms with van der Waals surface area (Å²) in [6, 6.07) is 23.2. The monoisotopic (exact) mass is 553 g/mol. The van der Waals surface area contributed by atoms with E-state index >= 15 is 0 Å². The molecule has 3 aromatic rings. The zero-order chi connectivity index (χ0) is 27.1. The van der Waals surface area contributed by atoms with E-state index in [-0.39, 0.29) is 27.8 Å². The maximum absolute atomic E-state index is 14.0. The molecule has 0 unspecified atom stereocenters. The zero-order valence-corrected chi connectivity index (χ0v) is 23.9. The smallest absolute Gasteiger partial charge is 0.261 e. The molecule has 1 amide bonds. The summed E-state index contributed by atoms with van der Waals surface area (Å²) in [6.45, 7) is 7.26. The number of hydrogen-bond acceptors (Lipinski definition) is 2. The molecular formula is C31H34ClF2NO2Si. The van der Waals surface area contributed by atoms with E-state index in [1.807, 2.05) is 12.1 Å². The standard InChI is InChI=1S/C31H34ClF2NO2Si/c1-30(2,3)38(23-10-6-4-7-11-23,24-12-8-5-9-13-24)37-22-14-16-31(17-15-22)18-19-35(29(31)36)28-21-27(34)26(33)20-25(28)32/h4-13,20-22H,14-19H2,1-3H3. The second-order valence-corrected chi connectivity index (χ2v) is 16.3. The Kier molecular flexibility index (Phi) is 7.27. The molecule has 38 heavy (non-hydrogen) atoms. The summed E-state index contributed by atoms with van der Waals surface area (Å²) in [5, 5.41) is 2.43. The van der Waals surface area contributed by atoms with Gasteiger partial charge in [-0.05, 0) is 53.6 Å². The van der Waals surface area contributed by atoms with Crippen molar-refractivity contribution in [2.24, 2.45) is 5.41 Å². The van der Waals surface area contributed by atoms with Crippen molar-refractivity contribution in [2.75, 3.05) is 11.4 Å². The Balaban J connectivity index is 1.40. The molecule has 200 valence electrons. The molecular weight excluding hydrogens is 520 g/mol. The molecule has 7 heteroatoms. The third kappa shape index (κ3) is 4.61. The molecule has 2 aliphatic rings. The number of amides is 1. The van der Waals surface area contributed by atoms with Crippen molar-refractivity contribution in [2.45, 2.75) is 64.0 Å². The van der Waals surface area contributed by atoms with E-state index < -0.39 is 25.4 Å². The molecule has 1 aliphatic carbocycles. The first-order valence-electron chi connectivity index (χ1n) is 13.3. The molecule has 3 aromatic carbocycles. The maximum Gasteiger partial charge on any atom is 0.261 e. The molecule has 1 aliphatic heterocycles. The highest BCUT2D eigenvalue weighted by atomic mass is 35.5. The Hall–Kier alpha value is -2.54. The number of anilines is 1. The van der Waals surface area contributed by atoms with Crippen LogP contribution < -0.4 is 15.3 Å². The van der Waals surface area contributed by atoms with E-state index in [9.17, 15) is 13.6 Å². The van der Waals surface area contributed by atoms with Crippen LogP contribution in [0.5, 0.6) is 0 Å². The highest BCUT2D eigenvalue weighted by molar-refractivity contribution is 6.99. The first kappa shape index (κ1) is 27.0. The van der Waals surface area contributed by atoms with Crippen molar-refractivity contribution < 1.29 is 18.0 Å². The third-order valence-electron chi connectivity index (χ3n) is 8.44. The zero-order valence-electron chi connectivity index (χ0n) is 22.1. The molecule has 1 heterocycles. The van der Waals surface area contributed by atoms with Gasteiger partial charge in [-0.2, -0.15) is 0 Å². The molecule has 1 saturated heterocycles. The van der Waals surface area contributed by atoms with Crippen LogP contribution in [-0.4, -0.2) is 26.9 Å². The average molecular weight is 554 g/mol. The van der Waals surface area contributed by atoms with Crippen LogP contribution in [0.4, 0.5) is 14.5 Å². The van der Waals surface area contributed by atoms with Crippen molar-refractivity contribution in [3.05, 3.63) is 89.5 Å². The molecule has 0 atom stereocenters. The van der Waals surface area contributed by atoms with Gasteiger partial charge in [-0.25, -0.2) is 8.78 Å². The van der Waals surface area contributed by atoms with E-state index in [1.165, 1.54) is 15.3 Å². The second-order valence-electron chi connectivity index (χ2n) is 11.7.